The summed E-state index contributed by atoms with van der Waals surface area (Å²) in [5.74, 6) is 0.0159. The smallest absolute Gasteiger partial charge is 0.237 e. The molecule has 18 heavy (non-hydrogen) atoms. The van der Waals surface area contributed by atoms with E-state index < -0.39 is 6.04 Å². The summed E-state index contributed by atoms with van der Waals surface area (Å²) in [6.45, 7) is 4.37. The molecule has 0 aromatic heterocycles. The molecule has 1 aromatic rings. The highest BCUT2D eigenvalue weighted by molar-refractivity contribution is 5.81. The van der Waals surface area contributed by atoms with Crippen molar-refractivity contribution in [2.75, 3.05) is 0 Å². The summed E-state index contributed by atoms with van der Waals surface area (Å²) in [6, 6.07) is 8.75. The minimum absolute atomic E-state index is 0.147. The number of carbonyl (C=O) groups is 1. The number of nitrogens with zero attached hydrogens (tertiary/aromatic N) is 1. The van der Waals surface area contributed by atoms with E-state index in [9.17, 15) is 4.79 Å². The van der Waals surface area contributed by atoms with Crippen molar-refractivity contribution in [2.45, 2.75) is 32.9 Å². The molecule has 0 bridgehead atoms. The van der Waals surface area contributed by atoms with E-state index in [1.165, 1.54) is 0 Å². The molecule has 1 unspecified atom stereocenters. The lowest BCUT2D eigenvalue weighted by Crippen LogP contribution is -2.44. The van der Waals surface area contributed by atoms with Crippen LogP contribution in [-0.2, 0) is 11.3 Å². The molecular weight excluding hydrogens is 226 g/mol. The number of hydrogen-bond acceptors (Lipinski definition) is 3. The molecule has 0 aliphatic heterocycles. The van der Waals surface area contributed by atoms with Gasteiger partial charge in [-0.1, -0.05) is 32.4 Å². The normalized spacial score (nSPS) is 13.4. The van der Waals surface area contributed by atoms with Gasteiger partial charge in [-0.3, -0.25) is 4.79 Å². The quantitative estimate of drug-likeness (QED) is 0.826. The molecule has 2 atom stereocenters. The third-order valence-corrected chi connectivity index (χ3v) is 3.08. The van der Waals surface area contributed by atoms with Crippen molar-refractivity contribution in [1.82, 2.24) is 5.32 Å². The summed E-state index contributed by atoms with van der Waals surface area (Å²) in [6.07, 6.45) is 0.874. The molecule has 0 aliphatic rings. The second kappa shape index (κ2) is 6.77. The Kier molecular flexibility index (Phi) is 5.34. The summed E-state index contributed by atoms with van der Waals surface area (Å²) < 4.78 is 0. The Morgan fingerprint density at radius 3 is 2.89 bits per heavy atom. The lowest BCUT2D eigenvalue weighted by Gasteiger charge is -2.17. The van der Waals surface area contributed by atoms with E-state index in [1.807, 2.05) is 19.9 Å². The van der Waals surface area contributed by atoms with E-state index in [-0.39, 0.29) is 11.8 Å². The van der Waals surface area contributed by atoms with Crippen LogP contribution in [0.4, 0.5) is 0 Å². The number of amides is 1. The van der Waals surface area contributed by atoms with Crippen LogP contribution in [0.3, 0.4) is 0 Å². The molecule has 0 spiro atoms. The molecule has 3 N–H and O–H groups in total. The number of rotatable bonds is 5. The van der Waals surface area contributed by atoms with Gasteiger partial charge in [0.25, 0.3) is 0 Å². The van der Waals surface area contributed by atoms with Gasteiger partial charge in [0.2, 0.25) is 5.91 Å². The number of nitriles is 1. The topological polar surface area (TPSA) is 78.9 Å². The van der Waals surface area contributed by atoms with Gasteiger partial charge in [-0.05, 0) is 23.6 Å². The molecule has 0 aliphatic carbocycles. The second-order valence-electron chi connectivity index (χ2n) is 4.44. The first-order valence-electron chi connectivity index (χ1n) is 6.10. The lowest BCUT2D eigenvalue weighted by molar-refractivity contribution is -0.123. The van der Waals surface area contributed by atoms with Crippen LogP contribution in [0.15, 0.2) is 24.3 Å². The van der Waals surface area contributed by atoms with Gasteiger partial charge in [-0.25, -0.2) is 0 Å². The molecule has 1 rings (SSSR count). The number of nitrogens with one attached hydrogen (secondary N) is 1. The zero-order valence-electron chi connectivity index (χ0n) is 10.8. The minimum atomic E-state index is -0.478. The average molecular weight is 245 g/mol. The molecular formula is C14H19N3O. The number of hydrogen-bond donors (Lipinski definition) is 2. The fraction of sp³-hybridized carbons (Fsp3) is 0.429. The molecule has 1 aromatic carbocycles. The Morgan fingerprint density at radius 2 is 2.28 bits per heavy atom. The van der Waals surface area contributed by atoms with Crippen molar-refractivity contribution in [1.29, 1.82) is 5.26 Å². The summed E-state index contributed by atoms with van der Waals surface area (Å²) in [5.41, 5.74) is 7.32. The first-order valence-corrected chi connectivity index (χ1v) is 6.10. The molecule has 0 heterocycles. The summed E-state index contributed by atoms with van der Waals surface area (Å²) in [4.78, 5) is 11.8. The molecule has 1 amide bonds. The van der Waals surface area contributed by atoms with Crippen LogP contribution in [0.5, 0.6) is 0 Å². The zero-order chi connectivity index (χ0) is 13.5. The molecule has 0 fully saturated rings. The Labute approximate surface area is 108 Å². The van der Waals surface area contributed by atoms with Crippen LogP contribution in [0.1, 0.15) is 31.4 Å². The highest BCUT2D eigenvalue weighted by Crippen LogP contribution is 2.07. The van der Waals surface area contributed by atoms with Crippen molar-refractivity contribution < 1.29 is 4.79 Å². The highest BCUT2D eigenvalue weighted by Gasteiger charge is 2.18. The Bertz CT molecular complexity index is 451. The Balaban J connectivity index is 2.55. The van der Waals surface area contributed by atoms with Crippen molar-refractivity contribution in [3.05, 3.63) is 35.4 Å². The molecule has 4 nitrogen and oxygen atoms in total. The van der Waals surface area contributed by atoms with E-state index in [4.69, 9.17) is 11.0 Å². The van der Waals surface area contributed by atoms with Crippen molar-refractivity contribution in [3.8, 4) is 6.07 Å². The van der Waals surface area contributed by atoms with Gasteiger partial charge < -0.3 is 11.1 Å². The maximum absolute atomic E-state index is 11.8. The van der Waals surface area contributed by atoms with Gasteiger partial charge in [0, 0.05) is 6.54 Å². The van der Waals surface area contributed by atoms with Crippen LogP contribution in [0.25, 0.3) is 0 Å². The van der Waals surface area contributed by atoms with E-state index in [0.717, 1.165) is 12.0 Å². The summed E-state index contributed by atoms with van der Waals surface area (Å²) >= 11 is 0. The van der Waals surface area contributed by atoms with Crippen LogP contribution in [-0.4, -0.2) is 11.9 Å². The fourth-order valence-corrected chi connectivity index (χ4v) is 1.57. The number of carbonyl (C=O) groups excluding carboxylic acids is 1. The Morgan fingerprint density at radius 1 is 1.56 bits per heavy atom. The molecule has 0 saturated heterocycles. The molecule has 0 saturated carbocycles. The SMILES string of the molecule is CCC(C)[C@H](N)C(=O)NCc1cccc(C#N)c1. The third kappa shape index (κ3) is 3.86. The zero-order valence-corrected chi connectivity index (χ0v) is 10.8. The van der Waals surface area contributed by atoms with E-state index in [2.05, 4.69) is 11.4 Å². The largest absolute Gasteiger partial charge is 0.351 e. The summed E-state index contributed by atoms with van der Waals surface area (Å²) in [5, 5.41) is 11.6. The molecule has 4 heteroatoms. The predicted molar refractivity (Wildman–Crippen MR) is 70.4 cm³/mol. The monoisotopic (exact) mass is 245 g/mol. The Hall–Kier alpha value is -1.86. The van der Waals surface area contributed by atoms with E-state index >= 15 is 0 Å². The third-order valence-electron chi connectivity index (χ3n) is 3.08. The first kappa shape index (κ1) is 14.2. The van der Waals surface area contributed by atoms with Crippen molar-refractivity contribution in [3.63, 3.8) is 0 Å². The minimum Gasteiger partial charge on any atom is -0.351 e. The summed E-state index contributed by atoms with van der Waals surface area (Å²) in [7, 11) is 0. The number of benzene rings is 1. The van der Waals surface area contributed by atoms with Gasteiger partial charge in [-0.15, -0.1) is 0 Å². The van der Waals surface area contributed by atoms with Crippen LogP contribution < -0.4 is 11.1 Å². The van der Waals surface area contributed by atoms with Gasteiger partial charge >= 0.3 is 0 Å². The maximum Gasteiger partial charge on any atom is 0.237 e. The first-order chi connectivity index (χ1) is 8.58. The molecule has 96 valence electrons. The lowest BCUT2D eigenvalue weighted by atomic mass is 9.99. The predicted octanol–water partition coefficient (Wildman–Crippen LogP) is 1.55. The maximum atomic E-state index is 11.8. The second-order valence-corrected chi connectivity index (χ2v) is 4.44. The van der Waals surface area contributed by atoms with Crippen LogP contribution in [0.2, 0.25) is 0 Å². The standard InChI is InChI=1S/C14H19N3O/c1-3-10(2)13(16)14(18)17-9-12-6-4-5-11(7-12)8-15/h4-7,10,13H,3,9,16H2,1-2H3,(H,17,18)/t10?,13-/m0/s1. The number of nitrogens with two attached hydrogens (primary N) is 1. The van der Waals surface area contributed by atoms with Crippen molar-refractivity contribution in [2.24, 2.45) is 11.7 Å². The van der Waals surface area contributed by atoms with E-state index in [1.54, 1.807) is 18.2 Å². The van der Waals surface area contributed by atoms with Gasteiger partial charge in [0.05, 0.1) is 17.7 Å². The average Bonchev–Trinajstić information content (AvgIpc) is 2.43. The van der Waals surface area contributed by atoms with Gasteiger partial charge in [-0.2, -0.15) is 5.26 Å². The fourth-order valence-electron chi connectivity index (χ4n) is 1.57. The van der Waals surface area contributed by atoms with Crippen molar-refractivity contribution >= 4 is 5.91 Å². The van der Waals surface area contributed by atoms with Gasteiger partial charge in [0.15, 0.2) is 0 Å². The van der Waals surface area contributed by atoms with Gasteiger partial charge in [0.1, 0.15) is 0 Å². The molecule has 0 radical (unpaired) electrons. The van der Waals surface area contributed by atoms with Crippen LogP contribution in [0, 0.1) is 17.2 Å². The van der Waals surface area contributed by atoms with E-state index in [0.29, 0.717) is 12.1 Å². The van der Waals surface area contributed by atoms with Crippen LogP contribution >= 0.6 is 0 Å². The highest BCUT2D eigenvalue weighted by atomic mass is 16.2.